The predicted octanol–water partition coefficient (Wildman–Crippen LogP) is 1.63. The predicted molar refractivity (Wildman–Crippen MR) is 93.0 cm³/mol. The molecule has 1 aliphatic rings. The van der Waals surface area contributed by atoms with Crippen LogP contribution in [-0.4, -0.2) is 51.3 Å². The van der Waals surface area contributed by atoms with Gasteiger partial charge in [0.05, 0.1) is 0 Å². The van der Waals surface area contributed by atoms with E-state index in [4.69, 9.17) is 4.52 Å². The van der Waals surface area contributed by atoms with Gasteiger partial charge in [-0.15, -0.1) is 0 Å². The van der Waals surface area contributed by atoms with E-state index in [2.05, 4.69) is 40.2 Å². The summed E-state index contributed by atoms with van der Waals surface area (Å²) in [4.78, 5) is 21.8. The molecule has 9 heteroatoms. The SMILES string of the molecule is Cc1cc(Nc2nccc(N3CCN(c4ncccn4)CC3)n2)no1. The molecule has 0 radical (unpaired) electrons. The largest absolute Gasteiger partial charge is 0.360 e. The first-order valence-corrected chi connectivity index (χ1v) is 8.08. The van der Waals surface area contributed by atoms with E-state index >= 15 is 0 Å². The summed E-state index contributed by atoms with van der Waals surface area (Å²) in [5.41, 5.74) is 0. The summed E-state index contributed by atoms with van der Waals surface area (Å²) in [6.07, 6.45) is 5.27. The van der Waals surface area contributed by atoms with Crippen LogP contribution in [0, 0.1) is 6.92 Å². The quantitative estimate of drug-likeness (QED) is 0.761. The highest BCUT2D eigenvalue weighted by molar-refractivity contribution is 5.51. The molecule has 4 rings (SSSR count). The lowest BCUT2D eigenvalue weighted by atomic mass is 10.3. The molecule has 128 valence electrons. The number of piperazine rings is 1. The van der Waals surface area contributed by atoms with E-state index in [1.165, 1.54) is 0 Å². The Morgan fingerprint density at radius 2 is 1.76 bits per heavy atom. The highest BCUT2D eigenvalue weighted by Crippen LogP contribution is 2.18. The van der Waals surface area contributed by atoms with Gasteiger partial charge >= 0.3 is 0 Å². The summed E-state index contributed by atoms with van der Waals surface area (Å²) in [6, 6.07) is 5.54. The van der Waals surface area contributed by atoms with Crippen LogP contribution in [0.5, 0.6) is 0 Å². The molecular weight excluding hydrogens is 320 g/mol. The standard InChI is InChI=1S/C16H18N8O/c1-12-11-13(22-25-12)20-15-17-6-3-14(21-15)23-7-9-24(10-8-23)16-18-4-2-5-19-16/h2-6,11H,7-10H2,1H3,(H,17,20,21,22). The van der Waals surface area contributed by atoms with Crippen molar-refractivity contribution in [1.29, 1.82) is 0 Å². The Bertz CT molecular complexity index is 829. The average Bonchev–Trinajstić information content (AvgIpc) is 3.07. The summed E-state index contributed by atoms with van der Waals surface area (Å²) in [5.74, 6) is 3.48. The normalized spacial score (nSPS) is 14.6. The number of rotatable bonds is 4. The summed E-state index contributed by atoms with van der Waals surface area (Å²) >= 11 is 0. The fourth-order valence-electron chi connectivity index (χ4n) is 2.72. The first kappa shape index (κ1) is 15.3. The van der Waals surface area contributed by atoms with Gasteiger partial charge in [0.2, 0.25) is 11.9 Å². The summed E-state index contributed by atoms with van der Waals surface area (Å²) in [5, 5.41) is 6.95. The average molecular weight is 338 g/mol. The van der Waals surface area contributed by atoms with Gasteiger partial charge in [-0.1, -0.05) is 5.16 Å². The van der Waals surface area contributed by atoms with Gasteiger partial charge in [-0.2, -0.15) is 4.98 Å². The van der Waals surface area contributed by atoms with E-state index in [-0.39, 0.29) is 0 Å². The molecule has 0 unspecified atom stereocenters. The molecule has 3 aromatic rings. The summed E-state index contributed by atoms with van der Waals surface area (Å²) in [7, 11) is 0. The topological polar surface area (TPSA) is 96.1 Å². The van der Waals surface area contributed by atoms with Crippen molar-refractivity contribution in [1.82, 2.24) is 25.1 Å². The van der Waals surface area contributed by atoms with Crippen LogP contribution in [0.15, 0.2) is 41.3 Å². The van der Waals surface area contributed by atoms with Crippen molar-refractivity contribution in [3.05, 3.63) is 42.5 Å². The minimum atomic E-state index is 0.500. The van der Waals surface area contributed by atoms with Crippen molar-refractivity contribution in [3.8, 4) is 0 Å². The number of nitrogens with zero attached hydrogens (tertiary/aromatic N) is 7. The van der Waals surface area contributed by atoms with Crippen LogP contribution in [-0.2, 0) is 0 Å². The van der Waals surface area contributed by atoms with Crippen molar-refractivity contribution in [3.63, 3.8) is 0 Å². The first-order chi connectivity index (χ1) is 12.3. The molecule has 1 N–H and O–H groups in total. The molecule has 1 aliphatic heterocycles. The van der Waals surface area contributed by atoms with Crippen molar-refractivity contribution in [2.75, 3.05) is 41.3 Å². The summed E-state index contributed by atoms with van der Waals surface area (Å²) in [6.45, 7) is 5.22. The fourth-order valence-corrected chi connectivity index (χ4v) is 2.72. The number of aryl methyl sites for hydroxylation is 1. The van der Waals surface area contributed by atoms with Crippen LogP contribution in [0.1, 0.15) is 5.76 Å². The third-order valence-electron chi connectivity index (χ3n) is 3.95. The Balaban J connectivity index is 1.42. The van der Waals surface area contributed by atoms with E-state index < -0.39 is 0 Å². The van der Waals surface area contributed by atoms with Gasteiger partial charge in [0.15, 0.2) is 5.82 Å². The van der Waals surface area contributed by atoms with Crippen molar-refractivity contribution in [2.45, 2.75) is 6.92 Å². The molecule has 0 bridgehead atoms. The van der Waals surface area contributed by atoms with Crippen LogP contribution in [0.25, 0.3) is 0 Å². The van der Waals surface area contributed by atoms with Crippen LogP contribution in [0.2, 0.25) is 0 Å². The van der Waals surface area contributed by atoms with Gasteiger partial charge in [-0.3, -0.25) is 0 Å². The van der Waals surface area contributed by atoms with Gasteiger partial charge in [-0.05, 0) is 19.1 Å². The lowest BCUT2D eigenvalue weighted by Crippen LogP contribution is -2.47. The van der Waals surface area contributed by atoms with Crippen LogP contribution < -0.4 is 15.1 Å². The minimum Gasteiger partial charge on any atom is -0.360 e. The van der Waals surface area contributed by atoms with Crippen molar-refractivity contribution >= 4 is 23.5 Å². The number of aromatic nitrogens is 5. The highest BCUT2D eigenvalue weighted by atomic mass is 16.5. The van der Waals surface area contributed by atoms with Crippen LogP contribution in [0.3, 0.4) is 0 Å². The zero-order valence-corrected chi connectivity index (χ0v) is 13.8. The second-order valence-corrected chi connectivity index (χ2v) is 5.71. The van der Waals surface area contributed by atoms with E-state index in [1.54, 1.807) is 24.7 Å². The molecule has 0 atom stereocenters. The zero-order chi connectivity index (χ0) is 17.1. The lowest BCUT2D eigenvalue weighted by molar-refractivity contribution is 0.400. The fraction of sp³-hybridized carbons (Fsp3) is 0.312. The van der Waals surface area contributed by atoms with E-state index in [0.29, 0.717) is 11.8 Å². The molecule has 3 aromatic heterocycles. The molecule has 0 amide bonds. The molecule has 1 saturated heterocycles. The zero-order valence-electron chi connectivity index (χ0n) is 13.8. The third kappa shape index (κ3) is 3.49. The van der Waals surface area contributed by atoms with Gasteiger partial charge in [0.1, 0.15) is 11.6 Å². The summed E-state index contributed by atoms with van der Waals surface area (Å²) < 4.78 is 5.04. The van der Waals surface area contributed by atoms with Gasteiger partial charge in [0, 0.05) is 50.8 Å². The molecule has 9 nitrogen and oxygen atoms in total. The molecular formula is C16H18N8O. The smallest absolute Gasteiger partial charge is 0.230 e. The Labute approximate surface area is 144 Å². The van der Waals surface area contributed by atoms with E-state index in [0.717, 1.165) is 43.7 Å². The third-order valence-corrected chi connectivity index (χ3v) is 3.95. The van der Waals surface area contributed by atoms with Crippen LogP contribution in [0.4, 0.5) is 23.5 Å². The molecule has 25 heavy (non-hydrogen) atoms. The molecule has 1 fully saturated rings. The van der Waals surface area contributed by atoms with Gasteiger partial charge in [-0.25, -0.2) is 15.0 Å². The highest BCUT2D eigenvalue weighted by Gasteiger charge is 2.20. The second-order valence-electron chi connectivity index (χ2n) is 5.71. The van der Waals surface area contributed by atoms with Crippen LogP contribution >= 0.6 is 0 Å². The Morgan fingerprint density at radius 3 is 2.48 bits per heavy atom. The maximum absolute atomic E-state index is 5.04. The van der Waals surface area contributed by atoms with Gasteiger partial charge < -0.3 is 19.6 Å². The molecule has 0 aliphatic carbocycles. The van der Waals surface area contributed by atoms with E-state index in [9.17, 15) is 0 Å². The van der Waals surface area contributed by atoms with E-state index in [1.807, 2.05) is 19.1 Å². The molecule has 0 saturated carbocycles. The number of hydrogen-bond donors (Lipinski definition) is 1. The number of hydrogen-bond acceptors (Lipinski definition) is 9. The monoisotopic (exact) mass is 338 g/mol. The second kappa shape index (κ2) is 6.71. The maximum atomic E-state index is 5.04. The van der Waals surface area contributed by atoms with Crippen molar-refractivity contribution in [2.24, 2.45) is 0 Å². The molecule has 0 aromatic carbocycles. The minimum absolute atomic E-state index is 0.500. The van der Waals surface area contributed by atoms with Gasteiger partial charge in [0.25, 0.3) is 0 Å². The molecule has 0 spiro atoms. The maximum Gasteiger partial charge on any atom is 0.230 e. The Kier molecular flexibility index (Phi) is 4.11. The lowest BCUT2D eigenvalue weighted by Gasteiger charge is -2.35. The van der Waals surface area contributed by atoms with Crippen molar-refractivity contribution < 1.29 is 4.52 Å². The first-order valence-electron chi connectivity index (χ1n) is 8.08. The Hall–Kier alpha value is -3.23. The molecule has 4 heterocycles. The Morgan fingerprint density at radius 1 is 1.00 bits per heavy atom. The number of anilines is 4. The number of nitrogens with one attached hydrogen (secondary N) is 1.